The second-order valence-corrected chi connectivity index (χ2v) is 5.93. The number of nitrogens with one attached hydrogen (secondary N) is 1. The summed E-state index contributed by atoms with van der Waals surface area (Å²) in [6, 6.07) is 23.9. The number of carboxylic acids is 1. The van der Waals surface area contributed by atoms with Gasteiger partial charge in [-0.25, -0.2) is 9.59 Å². The fraction of sp³-hybridized carbons (Fsp3) is 0.0909. The number of amides is 1. The monoisotopic (exact) mass is 361 g/mol. The highest BCUT2D eigenvalue weighted by atomic mass is 16.5. The lowest BCUT2D eigenvalue weighted by Gasteiger charge is -2.13. The molecule has 2 N–H and O–H groups in total. The number of hydrogen-bond donors (Lipinski definition) is 2. The number of rotatable bonds is 6. The highest BCUT2D eigenvalue weighted by Crippen LogP contribution is 2.26. The van der Waals surface area contributed by atoms with E-state index < -0.39 is 12.1 Å². The number of hydrogen-bond acceptors (Lipinski definition) is 3. The standard InChI is InChI=1S/C22H19NO4/c24-21(25)20-18(12-7-13-19(20)17-10-5-2-6-11-17)14-23-22(26)27-15-16-8-3-1-4-9-16/h1-13H,14-15H2,(H,23,26)(H,24,25). The van der Waals surface area contributed by atoms with E-state index in [0.29, 0.717) is 11.1 Å². The van der Waals surface area contributed by atoms with Crippen molar-refractivity contribution in [1.29, 1.82) is 0 Å². The molecule has 0 saturated heterocycles. The third kappa shape index (κ3) is 4.73. The van der Waals surface area contributed by atoms with Gasteiger partial charge in [0.15, 0.2) is 0 Å². The van der Waals surface area contributed by atoms with E-state index in [4.69, 9.17) is 4.74 Å². The Bertz CT molecular complexity index is 924. The van der Waals surface area contributed by atoms with Crippen LogP contribution in [0.5, 0.6) is 0 Å². The lowest BCUT2D eigenvalue weighted by Crippen LogP contribution is -2.24. The van der Waals surface area contributed by atoms with Crippen molar-refractivity contribution < 1.29 is 19.4 Å². The van der Waals surface area contributed by atoms with Gasteiger partial charge in [0.05, 0.1) is 5.56 Å². The summed E-state index contributed by atoms with van der Waals surface area (Å²) in [6.45, 7) is 0.221. The number of carboxylic acid groups (broad SMARTS) is 1. The summed E-state index contributed by atoms with van der Waals surface area (Å²) in [5, 5.41) is 12.3. The van der Waals surface area contributed by atoms with Crippen LogP contribution in [0.1, 0.15) is 21.5 Å². The first kappa shape index (κ1) is 18.2. The molecule has 0 radical (unpaired) electrons. The molecule has 0 atom stereocenters. The van der Waals surface area contributed by atoms with Crippen molar-refractivity contribution >= 4 is 12.1 Å². The Kier molecular flexibility index (Phi) is 5.84. The predicted octanol–water partition coefficient (Wildman–Crippen LogP) is 4.48. The number of aromatic carboxylic acids is 1. The van der Waals surface area contributed by atoms with Crippen molar-refractivity contribution in [3.05, 3.63) is 95.6 Å². The van der Waals surface area contributed by atoms with E-state index in [2.05, 4.69) is 5.32 Å². The average Bonchev–Trinajstić information content (AvgIpc) is 2.71. The van der Waals surface area contributed by atoms with Crippen LogP contribution in [0.15, 0.2) is 78.9 Å². The number of benzene rings is 3. The molecule has 0 unspecified atom stereocenters. The molecule has 0 saturated carbocycles. The van der Waals surface area contributed by atoms with Gasteiger partial charge >= 0.3 is 12.1 Å². The van der Waals surface area contributed by atoms with Crippen molar-refractivity contribution in [2.45, 2.75) is 13.2 Å². The molecule has 0 aliphatic rings. The van der Waals surface area contributed by atoms with Crippen LogP contribution < -0.4 is 5.32 Å². The van der Waals surface area contributed by atoms with E-state index in [-0.39, 0.29) is 18.7 Å². The van der Waals surface area contributed by atoms with E-state index in [0.717, 1.165) is 11.1 Å². The number of carbonyl (C=O) groups is 2. The molecule has 3 aromatic carbocycles. The van der Waals surface area contributed by atoms with Crippen molar-refractivity contribution in [3.8, 4) is 11.1 Å². The fourth-order valence-electron chi connectivity index (χ4n) is 2.80. The average molecular weight is 361 g/mol. The summed E-state index contributed by atoms with van der Waals surface area (Å²) in [6.07, 6.45) is -0.597. The second kappa shape index (κ2) is 8.67. The minimum absolute atomic E-state index is 0.0654. The molecule has 1 amide bonds. The molecule has 0 spiro atoms. The van der Waals surface area contributed by atoms with Crippen molar-refractivity contribution in [1.82, 2.24) is 5.32 Å². The molecule has 5 nitrogen and oxygen atoms in total. The van der Waals surface area contributed by atoms with Gasteiger partial charge in [0, 0.05) is 6.54 Å². The molecule has 5 heteroatoms. The van der Waals surface area contributed by atoms with E-state index in [1.807, 2.05) is 60.7 Å². The van der Waals surface area contributed by atoms with Gasteiger partial charge in [0.25, 0.3) is 0 Å². The lowest BCUT2D eigenvalue weighted by molar-refractivity contribution is 0.0696. The molecule has 0 bridgehead atoms. The van der Waals surface area contributed by atoms with Crippen LogP contribution in [0.3, 0.4) is 0 Å². The van der Waals surface area contributed by atoms with Crippen LogP contribution in [0, 0.1) is 0 Å². The van der Waals surface area contributed by atoms with E-state index in [9.17, 15) is 14.7 Å². The van der Waals surface area contributed by atoms with Crippen molar-refractivity contribution in [2.24, 2.45) is 0 Å². The van der Waals surface area contributed by atoms with Crippen LogP contribution in [0.25, 0.3) is 11.1 Å². The maximum Gasteiger partial charge on any atom is 0.407 e. The zero-order chi connectivity index (χ0) is 19.1. The molecule has 3 aromatic rings. The Morgan fingerprint density at radius 2 is 1.52 bits per heavy atom. The van der Waals surface area contributed by atoms with Crippen LogP contribution in [0.2, 0.25) is 0 Å². The first-order valence-electron chi connectivity index (χ1n) is 8.50. The minimum Gasteiger partial charge on any atom is -0.478 e. The van der Waals surface area contributed by atoms with Crippen molar-refractivity contribution in [3.63, 3.8) is 0 Å². The maximum atomic E-state index is 11.9. The molecule has 0 aromatic heterocycles. The minimum atomic E-state index is -1.04. The summed E-state index contributed by atoms with van der Waals surface area (Å²) in [5.74, 6) is -1.04. The number of carbonyl (C=O) groups excluding carboxylic acids is 1. The quantitative estimate of drug-likeness (QED) is 0.679. The van der Waals surface area contributed by atoms with Crippen molar-refractivity contribution in [2.75, 3.05) is 0 Å². The Morgan fingerprint density at radius 1 is 0.852 bits per heavy atom. The van der Waals surface area contributed by atoms with Gasteiger partial charge in [-0.1, -0.05) is 78.9 Å². The Morgan fingerprint density at radius 3 is 2.19 bits per heavy atom. The van der Waals surface area contributed by atoms with Gasteiger partial charge in [0.2, 0.25) is 0 Å². The third-order valence-electron chi connectivity index (χ3n) is 4.09. The first-order valence-corrected chi connectivity index (χ1v) is 8.50. The summed E-state index contributed by atoms with van der Waals surface area (Å²) in [7, 11) is 0. The molecule has 3 rings (SSSR count). The van der Waals surface area contributed by atoms with Gasteiger partial charge in [-0.05, 0) is 22.3 Å². The van der Waals surface area contributed by atoms with Gasteiger partial charge < -0.3 is 15.2 Å². The Labute approximate surface area is 157 Å². The Hall–Kier alpha value is -3.60. The summed E-state index contributed by atoms with van der Waals surface area (Å²) < 4.78 is 5.17. The molecule has 136 valence electrons. The van der Waals surface area contributed by atoms with Gasteiger partial charge in [-0.2, -0.15) is 0 Å². The SMILES string of the molecule is O=C(NCc1cccc(-c2ccccc2)c1C(=O)O)OCc1ccccc1. The topological polar surface area (TPSA) is 75.6 Å². The molecule has 0 aliphatic heterocycles. The predicted molar refractivity (Wildman–Crippen MR) is 102 cm³/mol. The molecule has 0 fully saturated rings. The summed E-state index contributed by atoms with van der Waals surface area (Å²) >= 11 is 0. The van der Waals surface area contributed by atoms with Gasteiger partial charge in [0.1, 0.15) is 6.61 Å². The van der Waals surface area contributed by atoms with E-state index in [1.165, 1.54) is 0 Å². The zero-order valence-electron chi connectivity index (χ0n) is 14.6. The largest absolute Gasteiger partial charge is 0.478 e. The van der Waals surface area contributed by atoms with E-state index in [1.54, 1.807) is 18.2 Å². The van der Waals surface area contributed by atoms with Gasteiger partial charge in [-0.15, -0.1) is 0 Å². The van der Waals surface area contributed by atoms with Crippen LogP contribution in [-0.2, 0) is 17.9 Å². The molecule has 0 aliphatic carbocycles. The molecule has 0 heterocycles. The molecular formula is C22H19NO4. The molecule has 27 heavy (non-hydrogen) atoms. The Balaban J connectivity index is 1.71. The smallest absolute Gasteiger partial charge is 0.407 e. The number of ether oxygens (including phenoxy) is 1. The summed E-state index contributed by atoms with van der Waals surface area (Å²) in [5.41, 5.74) is 2.99. The van der Waals surface area contributed by atoms with Crippen LogP contribution in [-0.4, -0.2) is 17.2 Å². The van der Waals surface area contributed by atoms with Crippen LogP contribution in [0.4, 0.5) is 4.79 Å². The fourth-order valence-corrected chi connectivity index (χ4v) is 2.80. The highest BCUT2D eigenvalue weighted by Gasteiger charge is 2.17. The van der Waals surface area contributed by atoms with E-state index >= 15 is 0 Å². The van der Waals surface area contributed by atoms with Gasteiger partial charge in [-0.3, -0.25) is 0 Å². The second-order valence-electron chi connectivity index (χ2n) is 5.93. The zero-order valence-corrected chi connectivity index (χ0v) is 14.6. The molecular weight excluding hydrogens is 342 g/mol. The maximum absolute atomic E-state index is 11.9. The third-order valence-corrected chi connectivity index (χ3v) is 4.09. The first-order chi connectivity index (χ1) is 13.1. The highest BCUT2D eigenvalue weighted by molar-refractivity contribution is 5.97. The lowest BCUT2D eigenvalue weighted by atomic mass is 9.95. The number of alkyl carbamates (subject to hydrolysis) is 1. The van der Waals surface area contributed by atoms with Crippen LogP contribution >= 0.6 is 0 Å². The normalized spacial score (nSPS) is 10.2. The summed E-state index contributed by atoms with van der Waals surface area (Å²) in [4.78, 5) is 23.8.